The lowest BCUT2D eigenvalue weighted by Crippen LogP contribution is -1.97. The number of carboxylic acids is 2. The molecule has 0 saturated carbocycles. The van der Waals surface area contributed by atoms with Crippen molar-refractivity contribution in [1.82, 2.24) is 0 Å². The quantitative estimate of drug-likeness (QED) is 0.641. The predicted octanol–water partition coefficient (Wildman–Crippen LogP) is 2.68. The molecule has 0 unspecified atom stereocenters. The zero-order chi connectivity index (χ0) is 17.7. The monoisotopic (exact) mass is 324 g/mol. The first kappa shape index (κ1) is 16.5. The van der Waals surface area contributed by atoms with E-state index in [0.717, 1.165) is 12.1 Å². The summed E-state index contributed by atoms with van der Waals surface area (Å²) in [5.41, 5.74) is 0.361. The zero-order valence-corrected chi connectivity index (χ0v) is 11.9. The van der Waals surface area contributed by atoms with Crippen molar-refractivity contribution in [3.63, 3.8) is 0 Å². The minimum atomic E-state index is -1.21. The van der Waals surface area contributed by atoms with Crippen LogP contribution in [0.4, 0.5) is 11.4 Å². The number of rotatable bonds is 5. The second-order valence-electron chi connectivity index (χ2n) is 4.48. The molecule has 8 nitrogen and oxygen atoms in total. The lowest BCUT2D eigenvalue weighted by Gasteiger charge is -2.09. The second-order valence-corrected chi connectivity index (χ2v) is 4.48. The Kier molecular flexibility index (Phi) is 4.77. The molecule has 0 aliphatic heterocycles. The van der Waals surface area contributed by atoms with Crippen molar-refractivity contribution in [1.29, 1.82) is 0 Å². The number of hydrogen-bond acceptors (Lipinski definition) is 6. The van der Waals surface area contributed by atoms with Gasteiger partial charge in [-0.05, 0) is 24.3 Å². The van der Waals surface area contributed by atoms with E-state index < -0.39 is 11.9 Å². The van der Waals surface area contributed by atoms with Gasteiger partial charge in [0.25, 0.3) is 0 Å². The van der Waals surface area contributed by atoms with Crippen LogP contribution in [0.5, 0.6) is 0 Å². The maximum atomic E-state index is 11.0. The molecular formula is C16H8N2O6. The van der Waals surface area contributed by atoms with Gasteiger partial charge < -0.3 is 10.2 Å². The van der Waals surface area contributed by atoms with E-state index in [1.807, 2.05) is 0 Å². The number of hydrogen-bond donors (Lipinski definition) is 2. The molecule has 0 bridgehead atoms. The van der Waals surface area contributed by atoms with Gasteiger partial charge >= 0.3 is 11.9 Å². The Morgan fingerprint density at radius 1 is 0.750 bits per heavy atom. The van der Waals surface area contributed by atoms with E-state index in [2.05, 4.69) is 9.98 Å². The fourth-order valence-electron chi connectivity index (χ4n) is 2.07. The number of benzene rings is 2. The number of carboxylic acid groups (broad SMARTS) is 2. The van der Waals surface area contributed by atoms with Crippen molar-refractivity contribution in [3.8, 4) is 11.1 Å². The fourth-order valence-corrected chi connectivity index (χ4v) is 2.07. The van der Waals surface area contributed by atoms with E-state index in [9.17, 15) is 19.2 Å². The first-order chi connectivity index (χ1) is 11.5. The van der Waals surface area contributed by atoms with E-state index >= 15 is 0 Å². The molecule has 8 heteroatoms. The van der Waals surface area contributed by atoms with Crippen LogP contribution in [0.15, 0.2) is 46.4 Å². The molecule has 2 aromatic carbocycles. The lowest BCUT2D eigenvalue weighted by molar-refractivity contribution is 0.0686. The molecule has 2 rings (SSSR count). The molecule has 2 aromatic rings. The molecule has 0 aliphatic carbocycles. The molecule has 24 heavy (non-hydrogen) atoms. The van der Waals surface area contributed by atoms with Crippen LogP contribution in [-0.2, 0) is 9.59 Å². The average molecular weight is 324 g/mol. The highest BCUT2D eigenvalue weighted by Gasteiger charge is 2.15. The van der Waals surface area contributed by atoms with Crippen LogP contribution in [0, 0.1) is 0 Å². The van der Waals surface area contributed by atoms with Gasteiger partial charge in [-0.25, -0.2) is 19.2 Å². The summed E-state index contributed by atoms with van der Waals surface area (Å²) < 4.78 is 0. The highest BCUT2D eigenvalue weighted by molar-refractivity contribution is 5.95. The van der Waals surface area contributed by atoms with Crippen molar-refractivity contribution in [2.75, 3.05) is 0 Å². The summed E-state index contributed by atoms with van der Waals surface area (Å²) in [5, 5.41) is 18.0. The van der Waals surface area contributed by atoms with Gasteiger partial charge in [-0.2, -0.15) is 9.98 Å². The van der Waals surface area contributed by atoms with Crippen LogP contribution in [-0.4, -0.2) is 34.3 Å². The topological polar surface area (TPSA) is 133 Å². The SMILES string of the molecule is O=C=Nc1cc(C(=O)O)ccc1-c1ccc(C(=O)O)cc1N=C=O. The maximum absolute atomic E-state index is 11.0. The van der Waals surface area contributed by atoms with Crippen LogP contribution in [0.1, 0.15) is 20.7 Å². The molecule has 0 amide bonds. The van der Waals surface area contributed by atoms with Crippen LogP contribution >= 0.6 is 0 Å². The molecule has 0 aliphatic rings. The van der Waals surface area contributed by atoms with Gasteiger partial charge in [0.15, 0.2) is 0 Å². The molecule has 0 heterocycles. The Labute approximate surface area is 134 Å². The molecule has 0 radical (unpaired) electrons. The lowest BCUT2D eigenvalue weighted by atomic mass is 9.98. The van der Waals surface area contributed by atoms with E-state index in [4.69, 9.17) is 10.2 Å². The fraction of sp³-hybridized carbons (Fsp3) is 0. The first-order valence-electron chi connectivity index (χ1n) is 6.38. The first-order valence-corrected chi connectivity index (χ1v) is 6.38. The average Bonchev–Trinajstić information content (AvgIpc) is 2.55. The van der Waals surface area contributed by atoms with Gasteiger partial charge in [0, 0.05) is 11.1 Å². The Bertz CT molecular complexity index is 860. The highest BCUT2D eigenvalue weighted by Crippen LogP contribution is 2.37. The molecule has 0 spiro atoms. The summed E-state index contributed by atoms with van der Waals surface area (Å²) in [5.74, 6) is -2.42. The van der Waals surface area contributed by atoms with Crippen LogP contribution in [0.2, 0.25) is 0 Å². The van der Waals surface area contributed by atoms with Crippen LogP contribution < -0.4 is 0 Å². The standard InChI is InChI=1S/C16H8N2O6/c19-7-17-13-5-9(15(21)22)1-3-11(13)12-4-2-10(16(23)24)6-14(12)18-8-20/h1-6H,(H,21,22)(H,23,24). The Morgan fingerprint density at radius 3 is 1.42 bits per heavy atom. The summed E-state index contributed by atoms with van der Waals surface area (Å²) in [6, 6.07) is 7.62. The van der Waals surface area contributed by atoms with Gasteiger partial charge in [0.1, 0.15) is 0 Å². The van der Waals surface area contributed by atoms with Gasteiger partial charge in [0.05, 0.1) is 22.5 Å². The molecule has 0 atom stereocenters. The minimum absolute atomic E-state index is 0.00433. The molecule has 2 N–H and O–H groups in total. The van der Waals surface area contributed by atoms with Crippen LogP contribution in [0.3, 0.4) is 0 Å². The summed E-state index contributed by atoms with van der Waals surface area (Å²) in [7, 11) is 0. The summed E-state index contributed by atoms with van der Waals surface area (Å²) in [6.07, 6.45) is 2.64. The number of isocyanates is 2. The predicted molar refractivity (Wildman–Crippen MR) is 81.4 cm³/mol. The van der Waals surface area contributed by atoms with Gasteiger partial charge in [-0.1, -0.05) is 12.1 Å². The van der Waals surface area contributed by atoms with Crippen molar-refractivity contribution in [3.05, 3.63) is 47.5 Å². The number of aliphatic imine (C=N–C) groups is 2. The third-order valence-electron chi connectivity index (χ3n) is 3.11. The summed E-state index contributed by atoms with van der Waals surface area (Å²) >= 11 is 0. The van der Waals surface area contributed by atoms with Crippen LogP contribution in [0.25, 0.3) is 11.1 Å². The molecule has 0 aromatic heterocycles. The highest BCUT2D eigenvalue weighted by atomic mass is 16.4. The Hall–Kier alpha value is -3.86. The summed E-state index contributed by atoms with van der Waals surface area (Å²) in [4.78, 5) is 50.1. The van der Waals surface area contributed by atoms with E-state index in [-0.39, 0.29) is 33.6 Å². The molecular weight excluding hydrogens is 316 g/mol. The zero-order valence-electron chi connectivity index (χ0n) is 11.9. The van der Waals surface area contributed by atoms with Gasteiger partial charge in [0.2, 0.25) is 12.2 Å². The minimum Gasteiger partial charge on any atom is -0.478 e. The number of nitrogens with zero attached hydrogens (tertiary/aromatic N) is 2. The van der Waals surface area contributed by atoms with E-state index in [0.29, 0.717) is 0 Å². The smallest absolute Gasteiger partial charge is 0.335 e. The van der Waals surface area contributed by atoms with Crippen molar-refractivity contribution in [2.24, 2.45) is 9.98 Å². The third-order valence-corrected chi connectivity index (χ3v) is 3.11. The molecule has 0 fully saturated rings. The maximum Gasteiger partial charge on any atom is 0.335 e. The van der Waals surface area contributed by atoms with E-state index in [1.54, 1.807) is 0 Å². The third kappa shape index (κ3) is 3.31. The number of carbonyl (C=O) groups excluding carboxylic acids is 2. The Balaban J connectivity index is 2.75. The Morgan fingerprint density at radius 2 is 1.12 bits per heavy atom. The largest absolute Gasteiger partial charge is 0.478 e. The van der Waals surface area contributed by atoms with E-state index in [1.165, 1.54) is 36.4 Å². The van der Waals surface area contributed by atoms with Crippen molar-refractivity contribution >= 4 is 35.5 Å². The second kappa shape index (κ2) is 6.93. The van der Waals surface area contributed by atoms with Gasteiger partial charge in [-0.15, -0.1) is 0 Å². The normalized spacial score (nSPS) is 9.50. The van der Waals surface area contributed by atoms with Crippen molar-refractivity contribution < 1.29 is 29.4 Å². The molecule has 118 valence electrons. The number of carbonyl (C=O) groups is 2. The summed E-state index contributed by atoms with van der Waals surface area (Å²) in [6.45, 7) is 0. The number of aromatic carboxylic acids is 2. The van der Waals surface area contributed by atoms with Gasteiger partial charge in [-0.3, -0.25) is 0 Å². The molecule has 0 saturated heterocycles. The van der Waals surface area contributed by atoms with Crippen molar-refractivity contribution in [2.45, 2.75) is 0 Å².